The number of nitrogens with zero attached hydrogens (tertiary/aromatic N) is 2. The molecule has 3 rings (SSSR count). The van der Waals surface area contributed by atoms with Crippen molar-refractivity contribution in [2.45, 2.75) is 31.7 Å². The maximum Gasteiger partial charge on any atom is 0.191 e. The van der Waals surface area contributed by atoms with Crippen LogP contribution in [0, 0.1) is 5.82 Å². The van der Waals surface area contributed by atoms with Gasteiger partial charge >= 0.3 is 0 Å². The van der Waals surface area contributed by atoms with Crippen LogP contribution >= 0.6 is 0 Å². The van der Waals surface area contributed by atoms with Crippen molar-refractivity contribution in [3.63, 3.8) is 0 Å². The highest BCUT2D eigenvalue weighted by molar-refractivity contribution is 5.79. The molecule has 0 bridgehead atoms. The molecule has 0 amide bonds. The maximum atomic E-state index is 14.0. The standard InChI is InChI=1S/C17H21FN4O/c1-2-19-16(20-11-13-7-10-23-22-13)21-12-17(8-9-17)14-5-3-4-6-15(14)18/h3-7,10H,2,8-9,11-12H2,1H3,(H2,19,20,21). The lowest BCUT2D eigenvalue weighted by molar-refractivity contribution is 0.412. The Morgan fingerprint density at radius 3 is 2.78 bits per heavy atom. The summed E-state index contributed by atoms with van der Waals surface area (Å²) < 4.78 is 18.8. The number of guanidine groups is 1. The quantitative estimate of drug-likeness (QED) is 0.635. The summed E-state index contributed by atoms with van der Waals surface area (Å²) >= 11 is 0. The summed E-state index contributed by atoms with van der Waals surface area (Å²) in [6, 6.07) is 8.81. The molecule has 2 aromatic rings. The van der Waals surface area contributed by atoms with Crippen LogP contribution in [0.4, 0.5) is 4.39 Å². The average Bonchev–Trinajstić information content (AvgIpc) is 3.16. The molecule has 0 saturated heterocycles. The van der Waals surface area contributed by atoms with Gasteiger partial charge in [-0.25, -0.2) is 9.38 Å². The number of hydrogen-bond acceptors (Lipinski definition) is 3. The van der Waals surface area contributed by atoms with E-state index in [0.29, 0.717) is 19.0 Å². The van der Waals surface area contributed by atoms with E-state index in [1.54, 1.807) is 12.1 Å². The average molecular weight is 316 g/mol. The summed E-state index contributed by atoms with van der Waals surface area (Å²) in [4.78, 5) is 4.48. The van der Waals surface area contributed by atoms with Crippen molar-refractivity contribution in [1.82, 2.24) is 15.8 Å². The van der Waals surface area contributed by atoms with Crippen LogP contribution in [-0.2, 0) is 12.0 Å². The van der Waals surface area contributed by atoms with Crippen LogP contribution in [0.3, 0.4) is 0 Å². The van der Waals surface area contributed by atoms with E-state index in [9.17, 15) is 4.39 Å². The van der Waals surface area contributed by atoms with Gasteiger partial charge in [0.1, 0.15) is 17.8 Å². The first-order valence-electron chi connectivity index (χ1n) is 7.90. The van der Waals surface area contributed by atoms with E-state index in [0.717, 1.165) is 30.6 Å². The molecule has 0 aliphatic heterocycles. The Kier molecular flexibility index (Phi) is 4.60. The fourth-order valence-corrected chi connectivity index (χ4v) is 2.66. The topological polar surface area (TPSA) is 62.5 Å². The third-order valence-electron chi connectivity index (χ3n) is 4.13. The summed E-state index contributed by atoms with van der Waals surface area (Å²) in [6.07, 6.45) is 3.51. The molecule has 2 N–H and O–H groups in total. The monoisotopic (exact) mass is 316 g/mol. The van der Waals surface area contributed by atoms with Gasteiger partial charge in [0.05, 0.1) is 6.54 Å². The van der Waals surface area contributed by atoms with Gasteiger partial charge in [0.25, 0.3) is 0 Å². The summed E-state index contributed by atoms with van der Waals surface area (Å²) in [6.45, 7) is 3.88. The lowest BCUT2D eigenvalue weighted by atomic mass is 9.95. The Balaban J connectivity index is 1.65. The fourth-order valence-electron chi connectivity index (χ4n) is 2.66. The Bertz CT molecular complexity index is 665. The third kappa shape index (κ3) is 3.70. The minimum atomic E-state index is -0.128. The molecule has 5 nitrogen and oxygen atoms in total. The molecule has 122 valence electrons. The highest BCUT2D eigenvalue weighted by atomic mass is 19.1. The fraction of sp³-hybridized carbons (Fsp3) is 0.412. The lowest BCUT2D eigenvalue weighted by Gasteiger charge is -2.19. The number of aliphatic imine (C=N–C) groups is 1. The van der Waals surface area contributed by atoms with E-state index >= 15 is 0 Å². The van der Waals surface area contributed by atoms with Crippen molar-refractivity contribution in [3.8, 4) is 0 Å². The van der Waals surface area contributed by atoms with Gasteiger partial charge in [-0.1, -0.05) is 23.4 Å². The summed E-state index contributed by atoms with van der Waals surface area (Å²) in [5.41, 5.74) is 1.45. The third-order valence-corrected chi connectivity index (χ3v) is 4.13. The van der Waals surface area contributed by atoms with Gasteiger partial charge in [-0.3, -0.25) is 0 Å². The van der Waals surface area contributed by atoms with Crippen molar-refractivity contribution in [2.24, 2.45) is 4.99 Å². The molecule has 23 heavy (non-hydrogen) atoms. The van der Waals surface area contributed by atoms with Crippen molar-refractivity contribution in [1.29, 1.82) is 0 Å². The van der Waals surface area contributed by atoms with Crippen LogP contribution < -0.4 is 10.6 Å². The molecule has 1 saturated carbocycles. The summed E-state index contributed by atoms with van der Waals surface area (Å²) in [7, 11) is 0. The van der Waals surface area contributed by atoms with Crippen molar-refractivity contribution in [2.75, 3.05) is 13.1 Å². The minimum Gasteiger partial charge on any atom is -0.364 e. The van der Waals surface area contributed by atoms with Gasteiger partial charge in [-0.2, -0.15) is 0 Å². The molecule has 1 fully saturated rings. The van der Waals surface area contributed by atoms with E-state index < -0.39 is 0 Å². The SMILES string of the molecule is CCNC(=NCc1ccon1)NCC1(c2ccccc2F)CC1. The molecule has 0 unspecified atom stereocenters. The van der Waals surface area contributed by atoms with Crippen molar-refractivity contribution in [3.05, 3.63) is 53.7 Å². The Labute approximate surface area is 135 Å². The molecule has 1 aliphatic rings. The van der Waals surface area contributed by atoms with Crippen LogP contribution in [0.2, 0.25) is 0 Å². The Morgan fingerprint density at radius 1 is 1.30 bits per heavy atom. The first-order chi connectivity index (χ1) is 11.2. The second-order valence-electron chi connectivity index (χ2n) is 5.80. The zero-order valence-electron chi connectivity index (χ0n) is 13.2. The number of aromatic nitrogens is 1. The number of halogens is 1. The largest absolute Gasteiger partial charge is 0.364 e. The molecule has 1 aromatic carbocycles. The van der Waals surface area contributed by atoms with Gasteiger partial charge in [-0.05, 0) is 31.4 Å². The van der Waals surface area contributed by atoms with Gasteiger partial charge in [-0.15, -0.1) is 0 Å². The highest BCUT2D eigenvalue weighted by Gasteiger charge is 2.45. The van der Waals surface area contributed by atoms with Crippen molar-refractivity contribution >= 4 is 5.96 Å². The predicted octanol–water partition coefficient (Wildman–Crippen LogP) is 2.60. The minimum absolute atomic E-state index is 0.116. The number of benzene rings is 1. The first-order valence-corrected chi connectivity index (χ1v) is 7.90. The normalized spacial score (nSPS) is 16.2. The maximum absolute atomic E-state index is 14.0. The van der Waals surface area contributed by atoms with Gasteiger partial charge in [0, 0.05) is 24.6 Å². The smallest absolute Gasteiger partial charge is 0.191 e. The molecule has 6 heteroatoms. The molecule has 1 aliphatic carbocycles. The van der Waals surface area contributed by atoms with Gasteiger partial charge < -0.3 is 15.2 Å². The van der Waals surface area contributed by atoms with E-state index in [4.69, 9.17) is 4.52 Å². The molecule has 1 aromatic heterocycles. The van der Waals surface area contributed by atoms with Gasteiger partial charge in [0.2, 0.25) is 0 Å². The van der Waals surface area contributed by atoms with Crippen molar-refractivity contribution < 1.29 is 8.91 Å². The number of rotatable bonds is 6. The predicted molar refractivity (Wildman–Crippen MR) is 86.6 cm³/mol. The van der Waals surface area contributed by atoms with E-state index in [2.05, 4.69) is 20.8 Å². The van der Waals surface area contributed by atoms with Crippen LogP contribution in [-0.4, -0.2) is 24.2 Å². The second kappa shape index (κ2) is 6.81. The zero-order valence-corrected chi connectivity index (χ0v) is 13.2. The molecule has 0 spiro atoms. The summed E-state index contributed by atoms with van der Waals surface area (Å²) in [5, 5.41) is 10.4. The number of nitrogens with one attached hydrogen (secondary N) is 2. The van der Waals surface area contributed by atoms with Crippen LogP contribution in [0.1, 0.15) is 31.0 Å². The van der Waals surface area contributed by atoms with E-state index in [-0.39, 0.29) is 11.2 Å². The van der Waals surface area contributed by atoms with Crippen LogP contribution in [0.5, 0.6) is 0 Å². The van der Waals surface area contributed by atoms with E-state index in [1.165, 1.54) is 12.3 Å². The summed E-state index contributed by atoms with van der Waals surface area (Å²) in [5.74, 6) is 0.578. The van der Waals surface area contributed by atoms with Crippen LogP contribution in [0.25, 0.3) is 0 Å². The van der Waals surface area contributed by atoms with E-state index in [1.807, 2.05) is 19.1 Å². The lowest BCUT2D eigenvalue weighted by Crippen LogP contribution is -2.41. The molecule has 1 heterocycles. The van der Waals surface area contributed by atoms with Crippen LogP contribution in [0.15, 0.2) is 46.1 Å². The second-order valence-corrected chi connectivity index (χ2v) is 5.80. The molecule has 0 radical (unpaired) electrons. The first kappa shape index (κ1) is 15.5. The zero-order chi connectivity index (χ0) is 16.1. The Hall–Kier alpha value is -2.37. The van der Waals surface area contributed by atoms with Gasteiger partial charge in [0.15, 0.2) is 5.96 Å². The molecular weight excluding hydrogens is 295 g/mol. The highest BCUT2D eigenvalue weighted by Crippen LogP contribution is 2.48. The number of hydrogen-bond donors (Lipinski definition) is 2. The Morgan fingerprint density at radius 2 is 2.13 bits per heavy atom. The molecular formula is C17H21FN4O. The molecule has 0 atom stereocenters.